The molecule has 7 nitrogen and oxygen atoms in total. The van der Waals surface area contributed by atoms with E-state index in [0.717, 1.165) is 38.3 Å². The Morgan fingerprint density at radius 2 is 1.68 bits per heavy atom. The minimum atomic E-state index is -0.215. The van der Waals surface area contributed by atoms with Crippen molar-refractivity contribution in [3.8, 4) is 34.1 Å². The standard InChI is InChI=1S/C29H20BrN5O2S/c1-2-16-37-24-14-10-19(11-15-24)26-21(18-34(32-26)23-6-4-3-5-7-23)17-25-28(36)35-29(38-25)31-27(33-35)20-8-12-22(30)13-9-20/h2-15,17-18H,1,16H2/b25-17+. The molecule has 0 radical (unpaired) electrons. The Morgan fingerprint density at radius 3 is 2.39 bits per heavy atom. The molecule has 6 aromatic rings. The lowest BCUT2D eigenvalue weighted by Gasteiger charge is -2.04. The smallest absolute Gasteiger partial charge is 0.291 e. The van der Waals surface area contributed by atoms with Crippen molar-refractivity contribution >= 4 is 38.3 Å². The van der Waals surface area contributed by atoms with Crippen LogP contribution in [0.2, 0.25) is 0 Å². The topological polar surface area (TPSA) is 74.3 Å². The van der Waals surface area contributed by atoms with Crippen molar-refractivity contribution in [3.05, 3.63) is 123 Å². The van der Waals surface area contributed by atoms with E-state index in [9.17, 15) is 4.79 Å². The number of halogens is 1. The first-order valence-corrected chi connectivity index (χ1v) is 13.4. The van der Waals surface area contributed by atoms with Crippen LogP contribution in [0.5, 0.6) is 5.75 Å². The van der Waals surface area contributed by atoms with Gasteiger partial charge in [0, 0.05) is 27.4 Å². The second kappa shape index (κ2) is 10.2. The molecule has 0 saturated carbocycles. The molecular formula is C29H20BrN5O2S. The molecule has 3 heterocycles. The van der Waals surface area contributed by atoms with Gasteiger partial charge < -0.3 is 4.74 Å². The summed E-state index contributed by atoms with van der Waals surface area (Å²) in [5.41, 5.74) is 4.01. The van der Waals surface area contributed by atoms with Gasteiger partial charge >= 0.3 is 0 Å². The van der Waals surface area contributed by atoms with Crippen LogP contribution in [-0.4, -0.2) is 31.0 Å². The molecule has 9 heteroatoms. The van der Waals surface area contributed by atoms with Crippen LogP contribution in [-0.2, 0) is 0 Å². The van der Waals surface area contributed by atoms with Crippen molar-refractivity contribution in [2.45, 2.75) is 0 Å². The van der Waals surface area contributed by atoms with Crippen molar-refractivity contribution in [1.82, 2.24) is 24.4 Å². The SMILES string of the molecule is C=CCOc1ccc(-c2nn(-c3ccccc3)cc2/C=c2/sc3nc(-c4ccc(Br)cc4)nn3c2=O)cc1. The maximum atomic E-state index is 13.3. The van der Waals surface area contributed by atoms with Gasteiger partial charge in [-0.2, -0.15) is 14.6 Å². The van der Waals surface area contributed by atoms with Crippen LogP contribution in [0.4, 0.5) is 0 Å². The number of hydrogen-bond acceptors (Lipinski definition) is 6. The molecule has 0 N–H and O–H groups in total. The van der Waals surface area contributed by atoms with E-state index in [1.54, 1.807) is 6.08 Å². The average molecular weight is 582 g/mol. The van der Waals surface area contributed by atoms with Crippen molar-refractivity contribution in [2.24, 2.45) is 0 Å². The molecule has 0 aliphatic heterocycles. The fourth-order valence-electron chi connectivity index (χ4n) is 3.99. The summed E-state index contributed by atoms with van der Waals surface area (Å²) >= 11 is 4.74. The van der Waals surface area contributed by atoms with Gasteiger partial charge in [0.15, 0.2) is 5.82 Å². The van der Waals surface area contributed by atoms with Crippen LogP contribution in [0.1, 0.15) is 5.56 Å². The van der Waals surface area contributed by atoms with Crippen molar-refractivity contribution in [1.29, 1.82) is 0 Å². The Labute approximate surface area is 230 Å². The van der Waals surface area contributed by atoms with Crippen LogP contribution in [0.3, 0.4) is 0 Å². The molecule has 38 heavy (non-hydrogen) atoms. The van der Waals surface area contributed by atoms with E-state index in [0.29, 0.717) is 21.9 Å². The molecule has 0 aliphatic carbocycles. The van der Waals surface area contributed by atoms with E-state index >= 15 is 0 Å². The molecule has 0 atom stereocenters. The monoisotopic (exact) mass is 581 g/mol. The highest BCUT2D eigenvalue weighted by Gasteiger charge is 2.15. The fraction of sp³-hybridized carbons (Fsp3) is 0.0345. The predicted octanol–water partition coefficient (Wildman–Crippen LogP) is 5.55. The number of para-hydroxylation sites is 1. The highest BCUT2D eigenvalue weighted by molar-refractivity contribution is 9.10. The predicted molar refractivity (Wildman–Crippen MR) is 154 cm³/mol. The summed E-state index contributed by atoms with van der Waals surface area (Å²) in [6, 6.07) is 25.2. The molecule has 0 amide bonds. The molecule has 0 saturated heterocycles. The maximum Gasteiger partial charge on any atom is 0.291 e. The number of hydrogen-bond donors (Lipinski definition) is 0. The van der Waals surface area contributed by atoms with Crippen molar-refractivity contribution < 1.29 is 4.74 Å². The first-order chi connectivity index (χ1) is 18.6. The van der Waals surface area contributed by atoms with E-state index in [-0.39, 0.29) is 5.56 Å². The molecule has 186 valence electrons. The molecule has 3 aromatic heterocycles. The van der Waals surface area contributed by atoms with Gasteiger partial charge in [-0.1, -0.05) is 70.3 Å². The molecule has 6 rings (SSSR count). The Hall–Kier alpha value is -4.34. The first-order valence-electron chi connectivity index (χ1n) is 11.8. The second-order valence-corrected chi connectivity index (χ2v) is 10.3. The van der Waals surface area contributed by atoms with Crippen LogP contribution >= 0.6 is 27.3 Å². The quantitative estimate of drug-likeness (QED) is 0.231. The van der Waals surface area contributed by atoms with Crippen LogP contribution in [0, 0.1) is 0 Å². The Balaban J connectivity index is 1.44. The van der Waals surface area contributed by atoms with E-state index in [4.69, 9.17) is 9.84 Å². The highest BCUT2D eigenvalue weighted by Crippen LogP contribution is 2.27. The van der Waals surface area contributed by atoms with Crippen molar-refractivity contribution in [2.75, 3.05) is 6.61 Å². The first kappa shape index (κ1) is 24.0. The minimum Gasteiger partial charge on any atom is -0.490 e. The number of ether oxygens (including phenoxy) is 1. The van der Waals surface area contributed by atoms with Crippen molar-refractivity contribution in [3.63, 3.8) is 0 Å². The lowest BCUT2D eigenvalue weighted by Crippen LogP contribution is -2.23. The Kier molecular flexibility index (Phi) is 6.45. The van der Waals surface area contributed by atoms with Gasteiger partial charge in [-0.05, 0) is 54.6 Å². The van der Waals surface area contributed by atoms with E-state index in [2.05, 4.69) is 32.6 Å². The van der Waals surface area contributed by atoms with E-state index in [1.807, 2.05) is 95.8 Å². The molecule has 0 unspecified atom stereocenters. The minimum absolute atomic E-state index is 0.215. The normalized spacial score (nSPS) is 11.8. The van der Waals surface area contributed by atoms with E-state index in [1.165, 1.54) is 15.9 Å². The largest absolute Gasteiger partial charge is 0.490 e. The van der Waals surface area contributed by atoms with E-state index < -0.39 is 0 Å². The van der Waals surface area contributed by atoms with Crippen LogP contribution < -0.4 is 14.8 Å². The van der Waals surface area contributed by atoms with Gasteiger partial charge in [0.25, 0.3) is 5.56 Å². The number of nitrogens with zero attached hydrogens (tertiary/aromatic N) is 5. The van der Waals surface area contributed by atoms with Gasteiger partial charge in [-0.3, -0.25) is 4.79 Å². The molecule has 0 bridgehead atoms. The summed E-state index contributed by atoms with van der Waals surface area (Å²) in [4.78, 5) is 18.4. The maximum absolute atomic E-state index is 13.3. The zero-order chi connectivity index (χ0) is 26.1. The lowest BCUT2D eigenvalue weighted by molar-refractivity contribution is 0.363. The van der Waals surface area contributed by atoms with Gasteiger partial charge in [0.05, 0.1) is 10.2 Å². The zero-order valence-electron chi connectivity index (χ0n) is 20.0. The number of fused-ring (bicyclic) bond motifs is 1. The summed E-state index contributed by atoms with van der Waals surface area (Å²) in [6.07, 6.45) is 5.49. The van der Waals surface area contributed by atoms with Crippen LogP contribution in [0.15, 0.2) is 107 Å². The summed E-state index contributed by atoms with van der Waals surface area (Å²) in [5, 5.41) is 9.33. The molecule has 3 aromatic carbocycles. The zero-order valence-corrected chi connectivity index (χ0v) is 22.4. The summed E-state index contributed by atoms with van der Waals surface area (Å²) < 4.78 is 10.3. The van der Waals surface area contributed by atoms with Crippen LogP contribution in [0.25, 0.3) is 39.4 Å². The average Bonchev–Trinajstić information content (AvgIpc) is 3.64. The van der Waals surface area contributed by atoms with Gasteiger partial charge in [-0.25, -0.2) is 4.68 Å². The molecule has 0 aliphatic rings. The molecule has 0 spiro atoms. The Morgan fingerprint density at radius 1 is 0.947 bits per heavy atom. The third-order valence-electron chi connectivity index (χ3n) is 5.83. The summed E-state index contributed by atoms with van der Waals surface area (Å²) in [7, 11) is 0. The molecule has 0 fully saturated rings. The van der Waals surface area contributed by atoms with Gasteiger partial charge in [0.2, 0.25) is 4.96 Å². The van der Waals surface area contributed by atoms with Gasteiger partial charge in [0.1, 0.15) is 18.1 Å². The van der Waals surface area contributed by atoms with Gasteiger partial charge in [-0.15, -0.1) is 5.10 Å². The number of benzene rings is 3. The fourth-order valence-corrected chi connectivity index (χ4v) is 5.15. The number of rotatable bonds is 7. The number of thiazole rings is 1. The highest BCUT2D eigenvalue weighted by atomic mass is 79.9. The Bertz CT molecular complexity index is 1860. The summed E-state index contributed by atoms with van der Waals surface area (Å²) in [5.74, 6) is 1.26. The third-order valence-corrected chi connectivity index (χ3v) is 7.32. The lowest BCUT2D eigenvalue weighted by atomic mass is 10.1. The number of aromatic nitrogens is 5. The second-order valence-electron chi connectivity index (χ2n) is 8.39. The molecular weight excluding hydrogens is 562 g/mol. The summed E-state index contributed by atoms with van der Waals surface area (Å²) in [6.45, 7) is 4.12. The third kappa shape index (κ3) is 4.69.